The summed E-state index contributed by atoms with van der Waals surface area (Å²) in [6.07, 6.45) is 2.74. The Morgan fingerprint density at radius 1 is 1.17 bits per heavy atom. The highest BCUT2D eigenvalue weighted by Crippen LogP contribution is 2.25. The minimum Gasteiger partial charge on any atom is -0.368 e. The zero-order chi connectivity index (χ0) is 12.5. The summed E-state index contributed by atoms with van der Waals surface area (Å²) in [5, 5.41) is 7.67. The fraction of sp³-hybridized carbons (Fsp3) is 0.154. The minimum atomic E-state index is 0.251. The van der Waals surface area contributed by atoms with Gasteiger partial charge in [-0.05, 0) is 12.0 Å². The second-order valence-electron chi connectivity index (χ2n) is 4.11. The van der Waals surface area contributed by atoms with E-state index in [0.29, 0.717) is 5.65 Å². The summed E-state index contributed by atoms with van der Waals surface area (Å²) in [6, 6.07) is 8.29. The van der Waals surface area contributed by atoms with E-state index >= 15 is 0 Å². The van der Waals surface area contributed by atoms with Crippen LogP contribution in [-0.4, -0.2) is 20.2 Å². The average Bonchev–Trinajstić information content (AvgIpc) is 2.86. The minimum absolute atomic E-state index is 0.251. The first-order chi connectivity index (χ1) is 8.78. The zero-order valence-corrected chi connectivity index (χ0v) is 10.0. The van der Waals surface area contributed by atoms with E-state index in [9.17, 15) is 0 Å². The van der Waals surface area contributed by atoms with Gasteiger partial charge in [0.2, 0.25) is 5.95 Å². The van der Waals surface area contributed by atoms with E-state index in [4.69, 9.17) is 5.73 Å². The van der Waals surface area contributed by atoms with Gasteiger partial charge in [-0.15, -0.1) is 0 Å². The van der Waals surface area contributed by atoms with Crippen LogP contribution < -0.4 is 5.73 Å². The van der Waals surface area contributed by atoms with Crippen molar-refractivity contribution >= 4 is 17.0 Å². The number of aromatic amines is 1. The lowest BCUT2D eigenvalue weighted by atomic mass is 10.1. The number of rotatable bonds is 2. The number of benzene rings is 1. The van der Waals surface area contributed by atoms with Gasteiger partial charge < -0.3 is 5.73 Å². The molecule has 0 saturated carbocycles. The summed E-state index contributed by atoms with van der Waals surface area (Å²) in [7, 11) is 0. The maximum atomic E-state index is 5.71. The van der Waals surface area contributed by atoms with Crippen LogP contribution in [0.3, 0.4) is 0 Å². The standard InChI is InChI=1S/C13H13N5/c1-2-8-3-5-9(6-4-8)11-10-7-15-18-12(10)17-13(14)16-11/h3-7H,2H2,1H3,(H3,14,15,16,17,18). The molecule has 0 bridgehead atoms. The molecule has 0 saturated heterocycles. The van der Waals surface area contributed by atoms with Crippen LogP contribution in [0.4, 0.5) is 5.95 Å². The third-order valence-corrected chi connectivity index (χ3v) is 2.96. The number of anilines is 1. The van der Waals surface area contributed by atoms with Crippen LogP contribution in [-0.2, 0) is 6.42 Å². The quantitative estimate of drug-likeness (QED) is 0.718. The van der Waals surface area contributed by atoms with Crippen molar-refractivity contribution in [2.75, 3.05) is 5.73 Å². The number of fused-ring (bicyclic) bond motifs is 1. The summed E-state index contributed by atoms with van der Waals surface area (Å²) in [4.78, 5) is 8.41. The van der Waals surface area contributed by atoms with Crippen molar-refractivity contribution in [3.63, 3.8) is 0 Å². The van der Waals surface area contributed by atoms with E-state index in [-0.39, 0.29) is 5.95 Å². The Bertz CT molecular complexity index is 684. The first-order valence-electron chi connectivity index (χ1n) is 5.84. The predicted molar refractivity (Wildman–Crippen MR) is 70.9 cm³/mol. The van der Waals surface area contributed by atoms with E-state index in [2.05, 4.69) is 39.2 Å². The number of hydrogen-bond acceptors (Lipinski definition) is 4. The molecular formula is C13H13N5. The maximum Gasteiger partial charge on any atom is 0.222 e. The lowest BCUT2D eigenvalue weighted by molar-refractivity contribution is 1.09. The zero-order valence-electron chi connectivity index (χ0n) is 10.0. The van der Waals surface area contributed by atoms with Crippen molar-refractivity contribution in [1.82, 2.24) is 20.2 Å². The number of nitrogen functional groups attached to an aromatic ring is 1. The summed E-state index contributed by atoms with van der Waals surface area (Å²) in [6.45, 7) is 2.13. The first-order valence-corrected chi connectivity index (χ1v) is 5.84. The molecule has 1 aromatic carbocycles. The van der Waals surface area contributed by atoms with Gasteiger partial charge in [0.05, 0.1) is 17.3 Å². The van der Waals surface area contributed by atoms with Crippen molar-refractivity contribution in [2.45, 2.75) is 13.3 Å². The smallest absolute Gasteiger partial charge is 0.222 e. The largest absolute Gasteiger partial charge is 0.368 e. The fourth-order valence-electron chi connectivity index (χ4n) is 1.97. The highest BCUT2D eigenvalue weighted by atomic mass is 15.2. The van der Waals surface area contributed by atoms with Crippen LogP contribution in [0.25, 0.3) is 22.3 Å². The summed E-state index contributed by atoms with van der Waals surface area (Å²) in [5.41, 5.74) is 9.50. The van der Waals surface area contributed by atoms with Crippen molar-refractivity contribution in [3.05, 3.63) is 36.0 Å². The van der Waals surface area contributed by atoms with Gasteiger partial charge in [-0.25, -0.2) is 4.98 Å². The van der Waals surface area contributed by atoms with Crippen molar-refractivity contribution < 1.29 is 0 Å². The highest BCUT2D eigenvalue weighted by Gasteiger charge is 2.09. The summed E-state index contributed by atoms with van der Waals surface area (Å²) < 4.78 is 0. The number of nitrogens with one attached hydrogen (secondary N) is 1. The number of H-pyrrole nitrogens is 1. The van der Waals surface area contributed by atoms with Crippen LogP contribution in [0, 0.1) is 0 Å². The summed E-state index contributed by atoms with van der Waals surface area (Å²) >= 11 is 0. The molecule has 0 radical (unpaired) electrons. The van der Waals surface area contributed by atoms with Crippen molar-refractivity contribution in [3.8, 4) is 11.3 Å². The molecule has 3 rings (SSSR count). The molecule has 5 heteroatoms. The number of nitrogens with two attached hydrogens (primary N) is 1. The van der Waals surface area contributed by atoms with Gasteiger partial charge >= 0.3 is 0 Å². The Labute approximate surface area is 104 Å². The first kappa shape index (κ1) is 10.7. The third-order valence-electron chi connectivity index (χ3n) is 2.96. The Balaban J connectivity index is 2.20. The number of hydrogen-bond donors (Lipinski definition) is 2. The molecule has 0 amide bonds. The van der Waals surface area contributed by atoms with Crippen LogP contribution in [0.2, 0.25) is 0 Å². The van der Waals surface area contributed by atoms with Gasteiger partial charge in [0.15, 0.2) is 5.65 Å². The Morgan fingerprint density at radius 2 is 1.94 bits per heavy atom. The summed E-state index contributed by atoms with van der Waals surface area (Å²) in [5.74, 6) is 0.251. The SMILES string of the molecule is CCc1ccc(-c2nc(N)nc3[nH]ncc23)cc1. The predicted octanol–water partition coefficient (Wildman–Crippen LogP) is 2.16. The molecule has 2 heterocycles. The van der Waals surface area contributed by atoms with E-state index < -0.39 is 0 Å². The molecule has 3 N–H and O–H groups in total. The topological polar surface area (TPSA) is 80.5 Å². The lowest BCUT2D eigenvalue weighted by Crippen LogP contribution is -1.97. The molecule has 0 aliphatic rings. The molecule has 0 aliphatic carbocycles. The second-order valence-corrected chi connectivity index (χ2v) is 4.11. The molecule has 0 fully saturated rings. The molecular weight excluding hydrogens is 226 g/mol. The molecule has 5 nitrogen and oxygen atoms in total. The van der Waals surface area contributed by atoms with E-state index in [1.165, 1.54) is 5.56 Å². The van der Waals surface area contributed by atoms with Gasteiger partial charge in [-0.3, -0.25) is 5.10 Å². The van der Waals surface area contributed by atoms with Gasteiger partial charge in [0.25, 0.3) is 0 Å². The Morgan fingerprint density at radius 3 is 2.67 bits per heavy atom. The molecule has 2 aromatic heterocycles. The van der Waals surface area contributed by atoms with E-state index in [1.807, 2.05) is 12.1 Å². The van der Waals surface area contributed by atoms with Gasteiger partial charge in [-0.1, -0.05) is 31.2 Å². The van der Waals surface area contributed by atoms with E-state index in [0.717, 1.165) is 23.1 Å². The molecule has 0 spiro atoms. The normalized spacial score (nSPS) is 10.9. The molecule has 18 heavy (non-hydrogen) atoms. The third kappa shape index (κ3) is 1.69. The van der Waals surface area contributed by atoms with Crippen LogP contribution in [0.15, 0.2) is 30.5 Å². The van der Waals surface area contributed by atoms with E-state index in [1.54, 1.807) is 6.20 Å². The van der Waals surface area contributed by atoms with Crippen LogP contribution >= 0.6 is 0 Å². The van der Waals surface area contributed by atoms with Gasteiger partial charge in [0.1, 0.15) is 0 Å². The average molecular weight is 239 g/mol. The molecule has 90 valence electrons. The lowest BCUT2D eigenvalue weighted by Gasteiger charge is -2.04. The number of aromatic nitrogens is 4. The maximum absolute atomic E-state index is 5.71. The van der Waals surface area contributed by atoms with Crippen molar-refractivity contribution in [1.29, 1.82) is 0 Å². The Kier molecular flexibility index (Phi) is 2.44. The monoisotopic (exact) mass is 239 g/mol. The molecule has 0 aliphatic heterocycles. The van der Waals surface area contributed by atoms with Crippen LogP contribution in [0.1, 0.15) is 12.5 Å². The molecule has 3 aromatic rings. The molecule has 0 unspecified atom stereocenters. The van der Waals surface area contributed by atoms with Crippen molar-refractivity contribution in [2.24, 2.45) is 0 Å². The fourth-order valence-corrected chi connectivity index (χ4v) is 1.97. The second kappa shape index (κ2) is 4.10. The van der Waals surface area contributed by atoms with Crippen LogP contribution in [0.5, 0.6) is 0 Å². The Hall–Kier alpha value is -2.43. The van der Waals surface area contributed by atoms with Gasteiger partial charge in [0, 0.05) is 5.56 Å². The van der Waals surface area contributed by atoms with Gasteiger partial charge in [-0.2, -0.15) is 10.1 Å². The number of aryl methyl sites for hydroxylation is 1. The number of nitrogens with zero attached hydrogens (tertiary/aromatic N) is 3. The highest BCUT2D eigenvalue weighted by molar-refractivity contribution is 5.90. The molecule has 0 atom stereocenters.